The standard InChI is InChI=1S/C14H19Cl2N2O2PS/c1-3-19-21(22,20-4-2)18-9-5-6-14(18)17-13-8-7-11(15)10-12(13)16/h7-8,10H,3-6,9H2,1-2H3. The summed E-state index contributed by atoms with van der Waals surface area (Å²) >= 11 is 17.8. The van der Waals surface area contributed by atoms with Gasteiger partial charge in [0.15, 0.2) is 0 Å². The van der Waals surface area contributed by atoms with Crippen molar-refractivity contribution in [2.45, 2.75) is 26.7 Å². The van der Waals surface area contributed by atoms with E-state index < -0.39 is 6.64 Å². The van der Waals surface area contributed by atoms with E-state index in [1.807, 2.05) is 18.5 Å². The van der Waals surface area contributed by atoms with Crippen LogP contribution in [0.3, 0.4) is 0 Å². The van der Waals surface area contributed by atoms with Crippen LogP contribution >= 0.6 is 29.8 Å². The third-order valence-corrected chi connectivity index (χ3v) is 7.06. The van der Waals surface area contributed by atoms with E-state index in [1.54, 1.807) is 18.2 Å². The molecule has 0 aromatic heterocycles. The van der Waals surface area contributed by atoms with Crippen LogP contribution in [0.5, 0.6) is 0 Å². The largest absolute Gasteiger partial charge is 0.314 e. The Hall–Kier alpha value is -0.160. The van der Waals surface area contributed by atoms with Crippen molar-refractivity contribution in [3.05, 3.63) is 28.2 Å². The molecule has 0 unspecified atom stereocenters. The van der Waals surface area contributed by atoms with Crippen LogP contribution in [0.1, 0.15) is 26.7 Å². The van der Waals surface area contributed by atoms with Crippen LogP contribution in [0.2, 0.25) is 10.0 Å². The van der Waals surface area contributed by atoms with Crippen LogP contribution in [0.4, 0.5) is 5.69 Å². The minimum absolute atomic E-state index is 0.517. The Labute approximate surface area is 146 Å². The van der Waals surface area contributed by atoms with Gasteiger partial charge >= 0.3 is 0 Å². The monoisotopic (exact) mass is 380 g/mol. The summed E-state index contributed by atoms with van der Waals surface area (Å²) in [4.78, 5) is 4.66. The minimum atomic E-state index is -2.52. The summed E-state index contributed by atoms with van der Waals surface area (Å²) in [5, 5.41) is 1.11. The minimum Gasteiger partial charge on any atom is -0.314 e. The van der Waals surface area contributed by atoms with Crippen molar-refractivity contribution in [2.24, 2.45) is 4.99 Å². The second-order valence-corrected chi connectivity index (χ2v) is 8.82. The number of aliphatic imine (C=N–C) groups is 1. The Balaban J connectivity index is 2.33. The maximum atomic E-state index is 6.20. The topological polar surface area (TPSA) is 34.1 Å². The summed E-state index contributed by atoms with van der Waals surface area (Å²) < 4.78 is 13.5. The van der Waals surface area contributed by atoms with Crippen LogP contribution < -0.4 is 0 Å². The molecule has 0 saturated carbocycles. The number of nitrogens with zero attached hydrogens (tertiary/aromatic N) is 2. The fourth-order valence-corrected chi connectivity index (χ4v) is 5.67. The molecule has 1 heterocycles. The normalized spacial score (nSPS) is 17.5. The van der Waals surface area contributed by atoms with Crippen LogP contribution in [0.15, 0.2) is 23.2 Å². The van der Waals surface area contributed by atoms with Crippen molar-refractivity contribution in [3.63, 3.8) is 0 Å². The molecule has 0 radical (unpaired) electrons. The van der Waals surface area contributed by atoms with Crippen molar-refractivity contribution in [1.29, 1.82) is 0 Å². The molecule has 0 amide bonds. The van der Waals surface area contributed by atoms with Gasteiger partial charge in [0.2, 0.25) is 0 Å². The Morgan fingerprint density at radius 1 is 1.27 bits per heavy atom. The van der Waals surface area contributed by atoms with Crippen LogP contribution in [-0.4, -0.2) is 30.3 Å². The summed E-state index contributed by atoms with van der Waals surface area (Å²) in [6.45, 7) is 3.15. The average molecular weight is 381 g/mol. The highest BCUT2D eigenvalue weighted by Crippen LogP contribution is 2.54. The zero-order valence-electron chi connectivity index (χ0n) is 12.6. The summed E-state index contributed by atoms with van der Waals surface area (Å²) in [7, 11) is 0. The molecule has 0 N–H and O–H groups in total. The van der Waals surface area contributed by atoms with Gasteiger partial charge in [-0.3, -0.25) is 4.67 Å². The Bertz CT molecular complexity index is 603. The van der Waals surface area contributed by atoms with Gasteiger partial charge < -0.3 is 9.05 Å². The van der Waals surface area contributed by atoms with E-state index in [0.29, 0.717) is 28.9 Å². The van der Waals surface area contributed by atoms with Crippen LogP contribution in [0, 0.1) is 0 Å². The molecule has 1 fully saturated rings. The molecule has 1 aromatic carbocycles. The zero-order valence-corrected chi connectivity index (χ0v) is 15.8. The molecule has 1 aromatic rings. The van der Waals surface area contributed by atoms with E-state index >= 15 is 0 Å². The van der Waals surface area contributed by atoms with Crippen LogP contribution in [-0.2, 0) is 20.9 Å². The van der Waals surface area contributed by atoms with Crippen molar-refractivity contribution in [3.8, 4) is 0 Å². The summed E-state index contributed by atoms with van der Waals surface area (Å²) in [5.74, 6) is 0.870. The van der Waals surface area contributed by atoms with Crippen molar-refractivity contribution in [1.82, 2.24) is 4.67 Å². The molecule has 2 rings (SSSR count). The predicted octanol–water partition coefficient (Wildman–Crippen LogP) is 5.42. The number of rotatable bonds is 6. The number of amidine groups is 1. The van der Waals surface area contributed by atoms with Gasteiger partial charge in [-0.25, -0.2) is 4.99 Å². The third kappa shape index (κ3) is 4.22. The molecule has 122 valence electrons. The zero-order chi connectivity index (χ0) is 16.2. The van der Waals surface area contributed by atoms with Gasteiger partial charge in [0.25, 0.3) is 6.64 Å². The molecular formula is C14H19Cl2N2O2PS. The highest BCUT2D eigenvalue weighted by atomic mass is 35.5. The van der Waals surface area contributed by atoms with E-state index in [4.69, 9.17) is 44.1 Å². The molecule has 22 heavy (non-hydrogen) atoms. The lowest BCUT2D eigenvalue weighted by Crippen LogP contribution is -2.24. The van der Waals surface area contributed by atoms with E-state index in [0.717, 1.165) is 25.2 Å². The molecule has 4 nitrogen and oxygen atoms in total. The summed E-state index contributed by atoms with van der Waals surface area (Å²) in [5.41, 5.74) is 0.683. The Morgan fingerprint density at radius 3 is 2.55 bits per heavy atom. The lowest BCUT2D eigenvalue weighted by molar-refractivity contribution is 0.240. The first-order valence-corrected chi connectivity index (χ1v) is 10.5. The van der Waals surface area contributed by atoms with Crippen molar-refractivity contribution >= 4 is 53.2 Å². The first kappa shape index (κ1) is 18.2. The maximum absolute atomic E-state index is 6.20. The summed E-state index contributed by atoms with van der Waals surface area (Å²) in [6.07, 6.45) is 1.81. The lowest BCUT2D eigenvalue weighted by Gasteiger charge is -2.31. The summed E-state index contributed by atoms with van der Waals surface area (Å²) in [6, 6.07) is 5.26. The third-order valence-electron chi connectivity index (χ3n) is 3.11. The van der Waals surface area contributed by atoms with E-state index in [1.165, 1.54) is 0 Å². The van der Waals surface area contributed by atoms with Gasteiger partial charge in [-0.2, -0.15) is 0 Å². The maximum Gasteiger partial charge on any atom is 0.291 e. The molecule has 1 aliphatic heterocycles. The first-order valence-electron chi connectivity index (χ1n) is 7.20. The molecule has 0 aliphatic carbocycles. The SMILES string of the molecule is CCOP(=S)(OCC)N1CCCC1=Nc1ccc(Cl)cc1Cl. The number of benzene rings is 1. The van der Waals surface area contributed by atoms with Gasteiger partial charge in [-0.1, -0.05) is 23.2 Å². The lowest BCUT2D eigenvalue weighted by atomic mass is 10.3. The second kappa shape index (κ2) is 8.09. The molecule has 0 atom stereocenters. The van der Waals surface area contributed by atoms with Gasteiger partial charge in [0.05, 0.1) is 23.9 Å². The Morgan fingerprint density at radius 2 is 1.95 bits per heavy atom. The van der Waals surface area contributed by atoms with E-state index in [9.17, 15) is 0 Å². The van der Waals surface area contributed by atoms with Crippen molar-refractivity contribution in [2.75, 3.05) is 19.8 Å². The molecule has 8 heteroatoms. The smallest absolute Gasteiger partial charge is 0.291 e. The van der Waals surface area contributed by atoms with Crippen LogP contribution in [0.25, 0.3) is 0 Å². The molecular weight excluding hydrogens is 362 g/mol. The number of hydrogen-bond donors (Lipinski definition) is 0. The van der Waals surface area contributed by atoms with Gasteiger partial charge in [0.1, 0.15) is 5.84 Å². The highest BCUT2D eigenvalue weighted by Gasteiger charge is 2.34. The van der Waals surface area contributed by atoms with Gasteiger partial charge in [-0.15, -0.1) is 0 Å². The highest BCUT2D eigenvalue weighted by molar-refractivity contribution is 8.09. The van der Waals surface area contributed by atoms with Crippen molar-refractivity contribution < 1.29 is 9.05 Å². The second-order valence-electron chi connectivity index (χ2n) is 4.65. The molecule has 0 spiro atoms. The van der Waals surface area contributed by atoms with Gasteiger partial charge in [-0.05, 0) is 50.3 Å². The predicted molar refractivity (Wildman–Crippen MR) is 97.0 cm³/mol. The van der Waals surface area contributed by atoms with E-state index in [2.05, 4.69) is 4.99 Å². The molecule has 1 aliphatic rings. The van der Waals surface area contributed by atoms with Gasteiger partial charge in [0, 0.05) is 18.0 Å². The first-order chi connectivity index (χ1) is 10.5. The Kier molecular flexibility index (Phi) is 6.69. The fourth-order valence-electron chi connectivity index (χ4n) is 2.24. The number of halogens is 2. The quantitative estimate of drug-likeness (QED) is 0.617. The molecule has 1 saturated heterocycles. The fraction of sp³-hybridized carbons (Fsp3) is 0.500. The van der Waals surface area contributed by atoms with E-state index in [-0.39, 0.29) is 0 Å². The molecule has 0 bridgehead atoms. The number of hydrogen-bond acceptors (Lipinski definition) is 4. The average Bonchev–Trinajstić information content (AvgIpc) is 2.91.